The summed E-state index contributed by atoms with van der Waals surface area (Å²) in [5.74, 6) is -0.645. The molecule has 0 bridgehead atoms. The average Bonchev–Trinajstić information content (AvgIpc) is 2.92. The molecule has 8 nitrogen and oxygen atoms in total. The summed E-state index contributed by atoms with van der Waals surface area (Å²) in [5, 5.41) is 8.61. The number of halogens is 1. The molecule has 0 aromatic heterocycles. The molecule has 4 aromatic rings. The largest absolute Gasteiger partial charge is 0.497 e. The van der Waals surface area contributed by atoms with Crippen LogP contribution in [0.4, 0.5) is 0 Å². The summed E-state index contributed by atoms with van der Waals surface area (Å²) in [6.45, 7) is -0.294. The predicted octanol–water partition coefficient (Wildman–Crippen LogP) is 4.60. The minimum Gasteiger partial charge on any atom is -0.497 e. The molecule has 186 valence electrons. The quantitative estimate of drug-likeness (QED) is 0.154. The number of benzene rings is 4. The van der Waals surface area contributed by atoms with Crippen LogP contribution in [-0.2, 0) is 4.79 Å². The lowest BCUT2D eigenvalue weighted by Crippen LogP contribution is -2.34. The number of hydrogen-bond acceptors (Lipinski definition) is 6. The van der Waals surface area contributed by atoms with Gasteiger partial charge in [-0.05, 0) is 59.3 Å². The summed E-state index contributed by atoms with van der Waals surface area (Å²) in [4.78, 5) is 37.2. The normalized spacial score (nSPS) is 10.8. The molecule has 0 radical (unpaired) electrons. The zero-order chi connectivity index (χ0) is 26.2. The van der Waals surface area contributed by atoms with Gasteiger partial charge >= 0.3 is 5.97 Å². The van der Waals surface area contributed by atoms with E-state index in [1.165, 1.54) is 12.3 Å². The molecule has 0 atom stereocenters. The topological polar surface area (TPSA) is 106 Å². The molecule has 0 saturated carbocycles. The number of nitrogens with zero attached hydrogens (tertiary/aromatic N) is 1. The maximum absolute atomic E-state index is 12.7. The minimum atomic E-state index is -0.555. The Balaban J connectivity index is 1.47. The molecule has 9 heteroatoms. The van der Waals surface area contributed by atoms with Gasteiger partial charge in [-0.15, -0.1) is 0 Å². The van der Waals surface area contributed by atoms with Crippen LogP contribution in [0, 0.1) is 0 Å². The van der Waals surface area contributed by atoms with Crippen LogP contribution in [-0.4, -0.2) is 37.7 Å². The first-order valence-corrected chi connectivity index (χ1v) is 11.6. The molecule has 2 amide bonds. The molecule has 0 unspecified atom stereocenters. The molecular weight excluding hydrogens is 494 g/mol. The molecule has 0 heterocycles. The third kappa shape index (κ3) is 6.50. The summed E-state index contributed by atoms with van der Waals surface area (Å²) in [5.41, 5.74) is 3.56. The molecule has 0 aliphatic carbocycles. The molecule has 0 saturated heterocycles. The van der Waals surface area contributed by atoms with E-state index in [2.05, 4.69) is 15.8 Å². The van der Waals surface area contributed by atoms with Crippen molar-refractivity contribution < 1.29 is 23.9 Å². The zero-order valence-corrected chi connectivity index (χ0v) is 20.5. The molecule has 0 aliphatic rings. The summed E-state index contributed by atoms with van der Waals surface area (Å²) in [6.07, 6.45) is 1.40. The number of fused-ring (bicyclic) bond motifs is 1. The number of methoxy groups -OCH3 is 1. The molecular formula is C28H22ClN3O5. The number of rotatable bonds is 8. The van der Waals surface area contributed by atoms with Crippen LogP contribution in [0.3, 0.4) is 0 Å². The Morgan fingerprint density at radius 1 is 0.919 bits per heavy atom. The van der Waals surface area contributed by atoms with Gasteiger partial charge in [0.05, 0.1) is 25.4 Å². The Hall–Kier alpha value is -4.69. The summed E-state index contributed by atoms with van der Waals surface area (Å²) in [7, 11) is 1.54. The molecule has 37 heavy (non-hydrogen) atoms. The van der Waals surface area contributed by atoms with Crippen molar-refractivity contribution in [2.45, 2.75) is 0 Å². The lowest BCUT2D eigenvalue weighted by molar-refractivity contribution is -0.120. The minimum absolute atomic E-state index is 0.270. The van der Waals surface area contributed by atoms with Crippen LogP contribution in [0.2, 0.25) is 5.02 Å². The van der Waals surface area contributed by atoms with Gasteiger partial charge < -0.3 is 14.8 Å². The van der Waals surface area contributed by atoms with Crippen LogP contribution in [0.1, 0.15) is 26.3 Å². The van der Waals surface area contributed by atoms with Gasteiger partial charge in [-0.3, -0.25) is 9.59 Å². The van der Waals surface area contributed by atoms with Crippen LogP contribution < -0.4 is 20.2 Å². The Kier molecular flexibility index (Phi) is 8.12. The van der Waals surface area contributed by atoms with Gasteiger partial charge in [0, 0.05) is 16.1 Å². The second-order valence-electron chi connectivity index (χ2n) is 7.80. The van der Waals surface area contributed by atoms with E-state index in [0.717, 1.165) is 10.8 Å². The maximum Gasteiger partial charge on any atom is 0.343 e. The highest BCUT2D eigenvalue weighted by molar-refractivity contribution is 6.31. The predicted molar refractivity (Wildman–Crippen MR) is 141 cm³/mol. The number of amides is 2. The fourth-order valence-corrected chi connectivity index (χ4v) is 3.67. The number of carbonyl (C=O) groups excluding carboxylic acids is 3. The number of hydrogen-bond donors (Lipinski definition) is 2. The SMILES string of the molecule is COc1ccc(C(=O)Oc2ccc3ccccc3c2/C=N\NC(=O)CNC(=O)c2cccc(Cl)c2)cc1. The Morgan fingerprint density at radius 2 is 1.70 bits per heavy atom. The van der Waals surface area contributed by atoms with E-state index < -0.39 is 17.8 Å². The van der Waals surface area contributed by atoms with Crippen molar-refractivity contribution in [3.8, 4) is 11.5 Å². The zero-order valence-electron chi connectivity index (χ0n) is 19.7. The van der Waals surface area contributed by atoms with Crippen molar-refractivity contribution >= 4 is 46.4 Å². The lowest BCUT2D eigenvalue weighted by Gasteiger charge is -2.11. The smallest absolute Gasteiger partial charge is 0.343 e. The first kappa shape index (κ1) is 25.4. The first-order chi connectivity index (χ1) is 17.9. The van der Waals surface area contributed by atoms with Crippen molar-refractivity contribution in [1.29, 1.82) is 0 Å². The highest BCUT2D eigenvalue weighted by Crippen LogP contribution is 2.27. The Morgan fingerprint density at radius 3 is 2.46 bits per heavy atom. The van der Waals surface area contributed by atoms with Crippen molar-refractivity contribution in [3.63, 3.8) is 0 Å². The van der Waals surface area contributed by atoms with Crippen molar-refractivity contribution in [3.05, 3.63) is 107 Å². The highest BCUT2D eigenvalue weighted by atomic mass is 35.5. The van der Waals surface area contributed by atoms with Crippen molar-refractivity contribution in [2.75, 3.05) is 13.7 Å². The van der Waals surface area contributed by atoms with Crippen LogP contribution in [0.25, 0.3) is 10.8 Å². The Labute approximate surface area is 217 Å². The third-order valence-corrected chi connectivity index (χ3v) is 5.57. The van der Waals surface area contributed by atoms with E-state index in [9.17, 15) is 14.4 Å². The van der Waals surface area contributed by atoms with Gasteiger partial charge in [-0.25, -0.2) is 10.2 Å². The summed E-state index contributed by atoms with van der Waals surface area (Å²) >= 11 is 5.90. The van der Waals surface area contributed by atoms with E-state index in [1.54, 1.807) is 55.6 Å². The Bertz CT molecular complexity index is 1490. The second-order valence-corrected chi connectivity index (χ2v) is 8.24. The second kappa shape index (κ2) is 11.8. The average molecular weight is 516 g/mol. The standard InChI is InChI=1S/C28H22ClN3O5/c1-36-22-12-9-19(10-13-22)28(35)37-25-14-11-18-5-2-3-8-23(18)24(25)16-31-32-26(33)17-30-27(34)20-6-4-7-21(29)15-20/h2-16H,17H2,1H3,(H,30,34)(H,32,33)/b31-16-. The molecule has 0 aliphatic heterocycles. The van der Waals surface area contributed by atoms with E-state index in [4.69, 9.17) is 21.1 Å². The maximum atomic E-state index is 12.7. The van der Waals surface area contributed by atoms with Gasteiger partial charge in [0.1, 0.15) is 11.5 Å². The fourth-order valence-electron chi connectivity index (χ4n) is 3.48. The first-order valence-electron chi connectivity index (χ1n) is 11.2. The lowest BCUT2D eigenvalue weighted by atomic mass is 10.0. The van der Waals surface area contributed by atoms with E-state index >= 15 is 0 Å². The fraction of sp³-hybridized carbons (Fsp3) is 0.0714. The van der Waals surface area contributed by atoms with Crippen molar-refractivity contribution in [2.24, 2.45) is 5.10 Å². The van der Waals surface area contributed by atoms with Crippen LogP contribution in [0.5, 0.6) is 11.5 Å². The molecule has 4 rings (SSSR count). The number of carbonyl (C=O) groups is 3. The molecule has 0 fully saturated rings. The number of esters is 1. The monoisotopic (exact) mass is 515 g/mol. The summed E-state index contributed by atoms with van der Waals surface area (Å²) < 4.78 is 10.8. The van der Waals surface area contributed by atoms with Crippen LogP contribution in [0.15, 0.2) is 90.0 Å². The van der Waals surface area contributed by atoms with E-state index in [1.807, 2.05) is 30.3 Å². The van der Waals surface area contributed by atoms with Crippen molar-refractivity contribution in [1.82, 2.24) is 10.7 Å². The molecule has 2 N–H and O–H groups in total. The van der Waals surface area contributed by atoms with Gasteiger partial charge in [0.25, 0.3) is 11.8 Å². The van der Waals surface area contributed by atoms with Gasteiger partial charge in [0.2, 0.25) is 0 Å². The number of nitrogens with one attached hydrogen (secondary N) is 2. The number of ether oxygens (including phenoxy) is 2. The van der Waals surface area contributed by atoms with E-state index in [-0.39, 0.29) is 12.3 Å². The molecule has 4 aromatic carbocycles. The van der Waals surface area contributed by atoms with Gasteiger partial charge in [-0.1, -0.05) is 48.0 Å². The summed E-state index contributed by atoms with van der Waals surface area (Å²) in [6, 6.07) is 23.9. The number of hydrazone groups is 1. The molecule has 0 spiro atoms. The van der Waals surface area contributed by atoms with Gasteiger partial charge in [-0.2, -0.15) is 5.10 Å². The van der Waals surface area contributed by atoms with E-state index in [0.29, 0.717) is 27.5 Å². The van der Waals surface area contributed by atoms with Gasteiger partial charge in [0.15, 0.2) is 0 Å². The highest BCUT2D eigenvalue weighted by Gasteiger charge is 2.14. The third-order valence-electron chi connectivity index (χ3n) is 5.34. The van der Waals surface area contributed by atoms with Crippen LogP contribution >= 0.6 is 11.6 Å².